The molecule has 1 fully saturated rings. The normalized spacial score (nSPS) is 24.2. The maximum Gasteiger partial charge on any atom is 0.438 e. The van der Waals surface area contributed by atoms with Gasteiger partial charge in [0.15, 0.2) is 5.82 Å². The monoisotopic (exact) mass is 169 g/mol. The summed E-state index contributed by atoms with van der Waals surface area (Å²) in [5.41, 5.74) is 0. The first-order valence-electron chi connectivity index (χ1n) is 4.15. The van der Waals surface area contributed by atoms with Crippen molar-refractivity contribution < 1.29 is 4.52 Å². The summed E-state index contributed by atoms with van der Waals surface area (Å²) in [4.78, 5) is 13.2. The van der Waals surface area contributed by atoms with Crippen LogP contribution >= 0.6 is 0 Å². The van der Waals surface area contributed by atoms with Crippen LogP contribution in [-0.4, -0.2) is 16.7 Å². The van der Waals surface area contributed by atoms with E-state index in [-0.39, 0.29) is 6.04 Å². The Morgan fingerprint density at radius 2 is 2.42 bits per heavy atom. The molecule has 1 aliphatic heterocycles. The van der Waals surface area contributed by atoms with Gasteiger partial charge in [-0.2, -0.15) is 0 Å². The van der Waals surface area contributed by atoms with Crippen LogP contribution in [0.25, 0.3) is 0 Å². The van der Waals surface area contributed by atoms with Crippen LogP contribution in [0, 0.1) is 0 Å². The summed E-state index contributed by atoms with van der Waals surface area (Å²) >= 11 is 0. The van der Waals surface area contributed by atoms with Gasteiger partial charge in [0.25, 0.3) is 0 Å². The van der Waals surface area contributed by atoms with Gasteiger partial charge in [0, 0.05) is 0 Å². The fraction of sp³-hybridized carbons (Fsp3) is 0.714. The highest BCUT2D eigenvalue weighted by Gasteiger charge is 2.18. The number of rotatable bonds is 1. The van der Waals surface area contributed by atoms with Crippen LogP contribution in [0.15, 0.2) is 9.32 Å². The first-order chi connectivity index (χ1) is 5.86. The smallest absolute Gasteiger partial charge is 0.307 e. The SMILES string of the molecule is O=c1[nH]c(C2CCCCN2)no1. The average Bonchev–Trinajstić information content (AvgIpc) is 2.54. The van der Waals surface area contributed by atoms with Crippen molar-refractivity contribution >= 4 is 0 Å². The van der Waals surface area contributed by atoms with Gasteiger partial charge in [0.1, 0.15) is 0 Å². The van der Waals surface area contributed by atoms with Gasteiger partial charge in [-0.3, -0.25) is 9.51 Å². The van der Waals surface area contributed by atoms with Gasteiger partial charge in [-0.25, -0.2) is 4.79 Å². The molecule has 2 heterocycles. The Kier molecular flexibility index (Phi) is 1.95. The Hall–Kier alpha value is -1.10. The van der Waals surface area contributed by atoms with Gasteiger partial charge in [-0.15, -0.1) is 0 Å². The fourth-order valence-electron chi connectivity index (χ4n) is 1.48. The summed E-state index contributed by atoms with van der Waals surface area (Å²) in [5, 5.41) is 6.89. The van der Waals surface area contributed by atoms with Gasteiger partial charge in [-0.05, 0) is 19.4 Å². The molecule has 66 valence electrons. The van der Waals surface area contributed by atoms with Crippen molar-refractivity contribution in [3.8, 4) is 0 Å². The molecule has 1 aliphatic rings. The predicted molar refractivity (Wildman–Crippen MR) is 41.7 cm³/mol. The van der Waals surface area contributed by atoms with E-state index in [2.05, 4.69) is 20.0 Å². The van der Waals surface area contributed by atoms with Gasteiger partial charge in [0.05, 0.1) is 6.04 Å². The van der Waals surface area contributed by atoms with Crippen molar-refractivity contribution in [1.82, 2.24) is 15.5 Å². The average molecular weight is 169 g/mol. The molecule has 1 aromatic rings. The van der Waals surface area contributed by atoms with E-state index >= 15 is 0 Å². The van der Waals surface area contributed by atoms with Crippen LogP contribution in [0.4, 0.5) is 0 Å². The van der Waals surface area contributed by atoms with Crippen LogP contribution in [0.1, 0.15) is 31.1 Å². The Morgan fingerprint density at radius 1 is 1.50 bits per heavy atom. The molecule has 0 spiro atoms. The summed E-state index contributed by atoms with van der Waals surface area (Å²) in [6.07, 6.45) is 3.38. The van der Waals surface area contributed by atoms with Crippen LogP contribution in [0.2, 0.25) is 0 Å². The first-order valence-corrected chi connectivity index (χ1v) is 4.15. The molecule has 1 saturated heterocycles. The van der Waals surface area contributed by atoms with Crippen molar-refractivity contribution in [2.75, 3.05) is 6.54 Å². The van der Waals surface area contributed by atoms with Crippen LogP contribution in [0.3, 0.4) is 0 Å². The minimum absolute atomic E-state index is 0.171. The quantitative estimate of drug-likeness (QED) is 0.629. The third kappa shape index (κ3) is 1.40. The lowest BCUT2D eigenvalue weighted by Gasteiger charge is -2.20. The lowest BCUT2D eigenvalue weighted by atomic mass is 10.1. The van der Waals surface area contributed by atoms with E-state index in [1.807, 2.05) is 0 Å². The van der Waals surface area contributed by atoms with E-state index in [9.17, 15) is 4.79 Å². The number of nitrogens with zero attached hydrogens (tertiary/aromatic N) is 1. The molecule has 0 aromatic carbocycles. The van der Waals surface area contributed by atoms with E-state index in [1.165, 1.54) is 12.8 Å². The van der Waals surface area contributed by atoms with Crippen LogP contribution in [-0.2, 0) is 0 Å². The van der Waals surface area contributed by atoms with E-state index in [0.29, 0.717) is 5.82 Å². The highest BCUT2D eigenvalue weighted by Crippen LogP contribution is 2.18. The maximum atomic E-state index is 10.6. The second-order valence-corrected chi connectivity index (χ2v) is 2.98. The number of nitrogens with one attached hydrogen (secondary N) is 2. The van der Waals surface area contributed by atoms with Crippen LogP contribution < -0.4 is 11.1 Å². The molecule has 1 aromatic heterocycles. The zero-order chi connectivity index (χ0) is 8.39. The molecular weight excluding hydrogens is 158 g/mol. The third-order valence-corrected chi connectivity index (χ3v) is 2.10. The topological polar surface area (TPSA) is 70.9 Å². The predicted octanol–water partition coefficient (Wildman–Crippen LogP) is 0.177. The highest BCUT2D eigenvalue weighted by molar-refractivity contribution is 4.91. The molecule has 5 heteroatoms. The molecule has 2 rings (SSSR count). The molecule has 0 aliphatic carbocycles. The van der Waals surface area contributed by atoms with E-state index < -0.39 is 5.76 Å². The Labute approximate surface area is 69.1 Å². The number of hydrogen-bond donors (Lipinski definition) is 2. The summed E-state index contributed by atoms with van der Waals surface area (Å²) in [6.45, 7) is 0.986. The minimum atomic E-state index is -0.475. The molecule has 2 N–H and O–H groups in total. The Morgan fingerprint density at radius 3 is 3.00 bits per heavy atom. The molecule has 0 radical (unpaired) electrons. The van der Waals surface area contributed by atoms with E-state index in [1.54, 1.807) is 0 Å². The maximum absolute atomic E-state index is 10.6. The van der Waals surface area contributed by atoms with Crippen molar-refractivity contribution in [3.63, 3.8) is 0 Å². The van der Waals surface area contributed by atoms with Crippen LogP contribution in [0.5, 0.6) is 0 Å². The van der Waals surface area contributed by atoms with Gasteiger partial charge < -0.3 is 5.32 Å². The summed E-state index contributed by atoms with van der Waals surface area (Å²) < 4.78 is 4.42. The number of aromatic amines is 1. The third-order valence-electron chi connectivity index (χ3n) is 2.10. The summed E-state index contributed by atoms with van der Waals surface area (Å²) in [7, 11) is 0. The molecule has 1 atom stereocenters. The molecule has 0 saturated carbocycles. The van der Waals surface area contributed by atoms with Gasteiger partial charge in [0.2, 0.25) is 0 Å². The Balaban J connectivity index is 2.13. The second-order valence-electron chi connectivity index (χ2n) is 2.98. The van der Waals surface area contributed by atoms with Crippen molar-refractivity contribution in [2.24, 2.45) is 0 Å². The molecule has 5 nitrogen and oxygen atoms in total. The van der Waals surface area contributed by atoms with E-state index in [0.717, 1.165) is 13.0 Å². The first kappa shape index (κ1) is 7.54. The Bertz CT molecular complexity index is 298. The number of piperidine rings is 1. The van der Waals surface area contributed by atoms with Crippen molar-refractivity contribution in [2.45, 2.75) is 25.3 Å². The fourth-order valence-corrected chi connectivity index (χ4v) is 1.48. The lowest BCUT2D eigenvalue weighted by Crippen LogP contribution is -2.27. The van der Waals surface area contributed by atoms with E-state index in [4.69, 9.17) is 0 Å². The number of aromatic nitrogens is 2. The molecule has 1 unspecified atom stereocenters. The zero-order valence-electron chi connectivity index (χ0n) is 6.67. The summed E-state index contributed by atoms with van der Waals surface area (Å²) in [5.74, 6) is 0.150. The van der Waals surface area contributed by atoms with Gasteiger partial charge >= 0.3 is 5.76 Å². The molecule has 0 bridgehead atoms. The largest absolute Gasteiger partial charge is 0.438 e. The van der Waals surface area contributed by atoms with Crippen molar-refractivity contribution in [1.29, 1.82) is 0 Å². The summed E-state index contributed by atoms with van der Waals surface area (Å²) in [6, 6.07) is 0.171. The minimum Gasteiger partial charge on any atom is -0.307 e. The standard InChI is InChI=1S/C7H11N3O2/c11-7-9-6(10-12-7)5-3-1-2-4-8-5/h5,8H,1-4H2,(H,9,10,11). The molecule has 12 heavy (non-hydrogen) atoms. The lowest BCUT2D eigenvalue weighted by molar-refractivity contribution is 0.352. The van der Waals surface area contributed by atoms with Crippen molar-refractivity contribution in [3.05, 3.63) is 16.4 Å². The van der Waals surface area contributed by atoms with Gasteiger partial charge in [-0.1, -0.05) is 11.6 Å². The number of H-pyrrole nitrogens is 1. The highest BCUT2D eigenvalue weighted by atomic mass is 16.5. The molecule has 0 amide bonds. The number of hydrogen-bond acceptors (Lipinski definition) is 4. The second kappa shape index (κ2) is 3.10. The molecular formula is C7H11N3O2. The zero-order valence-corrected chi connectivity index (χ0v) is 6.67.